The van der Waals surface area contributed by atoms with Crippen LogP contribution in [0.25, 0.3) is 0 Å². The molecule has 0 aliphatic carbocycles. The van der Waals surface area contributed by atoms with E-state index in [0.717, 1.165) is 18.7 Å². The molecular formula is C17H30N2O. The van der Waals surface area contributed by atoms with E-state index < -0.39 is 0 Å². The zero-order chi connectivity index (χ0) is 15.2. The van der Waals surface area contributed by atoms with Crippen LogP contribution in [0.5, 0.6) is 5.75 Å². The van der Waals surface area contributed by atoms with Crippen molar-refractivity contribution in [3.8, 4) is 5.75 Å². The molecule has 0 aromatic heterocycles. The number of nitrogens with zero attached hydrogens (tertiary/aromatic N) is 1. The van der Waals surface area contributed by atoms with E-state index in [4.69, 9.17) is 4.74 Å². The van der Waals surface area contributed by atoms with Crippen molar-refractivity contribution in [1.29, 1.82) is 0 Å². The van der Waals surface area contributed by atoms with E-state index in [2.05, 4.69) is 63.3 Å². The van der Waals surface area contributed by atoms with Gasteiger partial charge in [-0.2, -0.15) is 0 Å². The Balaban J connectivity index is 3.15. The minimum absolute atomic E-state index is 0.0703. The van der Waals surface area contributed by atoms with Gasteiger partial charge in [0, 0.05) is 5.54 Å². The summed E-state index contributed by atoms with van der Waals surface area (Å²) in [5, 5.41) is 3.64. The molecular weight excluding hydrogens is 248 g/mol. The topological polar surface area (TPSA) is 24.5 Å². The highest BCUT2D eigenvalue weighted by atomic mass is 16.5. The first-order valence-corrected chi connectivity index (χ1v) is 7.63. The molecule has 0 heterocycles. The fraction of sp³-hybridized carbons (Fsp3) is 0.647. The highest BCUT2D eigenvalue weighted by Crippen LogP contribution is 2.34. The summed E-state index contributed by atoms with van der Waals surface area (Å²) in [5.74, 6) is 0.949. The van der Waals surface area contributed by atoms with Crippen molar-refractivity contribution < 1.29 is 4.74 Å². The van der Waals surface area contributed by atoms with Crippen molar-refractivity contribution in [2.24, 2.45) is 0 Å². The number of hydrogen-bond donors (Lipinski definition) is 1. The predicted octanol–water partition coefficient (Wildman–Crippen LogP) is 3.47. The van der Waals surface area contributed by atoms with Crippen LogP contribution in [0.4, 0.5) is 0 Å². The zero-order valence-electron chi connectivity index (χ0n) is 13.9. The lowest BCUT2D eigenvalue weighted by atomic mass is 9.83. The van der Waals surface area contributed by atoms with Gasteiger partial charge in [-0.25, -0.2) is 0 Å². The fourth-order valence-electron chi connectivity index (χ4n) is 2.63. The molecule has 0 bridgehead atoms. The Labute approximate surface area is 124 Å². The van der Waals surface area contributed by atoms with Crippen LogP contribution < -0.4 is 10.1 Å². The lowest BCUT2D eigenvalue weighted by molar-refractivity contribution is 0.113. The highest BCUT2D eigenvalue weighted by molar-refractivity contribution is 5.32. The van der Waals surface area contributed by atoms with Crippen LogP contribution >= 0.6 is 0 Å². The van der Waals surface area contributed by atoms with Crippen LogP contribution in [-0.4, -0.2) is 37.7 Å². The Morgan fingerprint density at radius 2 is 1.95 bits per heavy atom. The Morgan fingerprint density at radius 1 is 1.25 bits per heavy atom. The number of rotatable bonds is 8. The van der Waals surface area contributed by atoms with Crippen molar-refractivity contribution in [1.82, 2.24) is 10.2 Å². The van der Waals surface area contributed by atoms with E-state index in [9.17, 15) is 0 Å². The first kappa shape index (κ1) is 17.0. The Hall–Kier alpha value is -1.06. The van der Waals surface area contributed by atoms with E-state index in [0.29, 0.717) is 6.61 Å². The average molecular weight is 278 g/mol. The molecule has 1 aromatic rings. The number of benzene rings is 1. The Morgan fingerprint density at radius 3 is 2.45 bits per heavy atom. The quantitative estimate of drug-likeness (QED) is 0.788. The minimum Gasteiger partial charge on any atom is -0.494 e. The van der Waals surface area contributed by atoms with Gasteiger partial charge in [0.15, 0.2) is 0 Å². The van der Waals surface area contributed by atoms with Crippen LogP contribution in [0.3, 0.4) is 0 Å². The molecule has 0 aliphatic heterocycles. The van der Waals surface area contributed by atoms with Gasteiger partial charge in [-0.15, -0.1) is 0 Å². The number of nitrogens with one attached hydrogen (secondary N) is 1. The molecule has 0 amide bonds. The average Bonchev–Trinajstić information content (AvgIpc) is 2.44. The largest absolute Gasteiger partial charge is 0.494 e. The molecule has 3 heteroatoms. The van der Waals surface area contributed by atoms with Crippen molar-refractivity contribution >= 4 is 0 Å². The van der Waals surface area contributed by atoms with E-state index in [-0.39, 0.29) is 11.6 Å². The Kier molecular flexibility index (Phi) is 6.50. The van der Waals surface area contributed by atoms with Crippen LogP contribution in [0.1, 0.15) is 45.7 Å². The van der Waals surface area contributed by atoms with E-state index in [1.54, 1.807) is 0 Å². The molecule has 0 aliphatic rings. The van der Waals surface area contributed by atoms with Crippen molar-refractivity contribution in [2.75, 3.05) is 27.2 Å². The van der Waals surface area contributed by atoms with Crippen LogP contribution in [-0.2, 0) is 0 Å². The second kappa shape index (κ2) is 7.65. The van der Waals surface area contributed by atoms with Gasteiger partial charge in [0.25, 0.3) is 0 Å². The molecule has 2 atom stereocenters. The van der Waals surface area contributed by atoms with Crippen molar-refractivity contribution in [3.63, 3.8) is 0 Å². The lowest BCUT2D eigenvalue weighted by Crippen LogP contribution is -2.51. The van der Waals surface area contributed by atoms with Crippen molar-refractivity contribution in [2.45, 2.75) is 45.7 Å². The minimum atomic E-state index is 0.0703. The molecule has 20 heavy (non-hydrogen) atoms. The highest BCUT2D eigenvalue weighted by Gasteiger charge is 2.35. The van der Waals surface area contributed by atoms with Gasteiger partial charge in [-0.1, -0.05) is 26.0 Å². The summed E-state index contributed by atoms with van der Waals surface area (Å²) >= 11 is 0. The zero-order valence-corrected chi connectivity index (χ0v) is 13.9. The summed E-state index contributed by atoms with van der Waals surface area (Å²) in [6, 6.07) is 8.74. The normalized spacial score (nSPS) is 15.9. The summed E-state index contributed by atoms with van der Waals surface area (Å²) in [6.45, 7) is 10.4. The number of hydrogen-bond acceptors (Lipinski definition) is 3. The van der Waals surface area contributed by atoms with Crippen LogP contribution in [0.15, 0.2) is 24.3 Å². The molecule has 0 spiro atoms. The monoisotopic (exact) mass is 278 g/mol. The third kappa shape index (κ3) is 3.74. The smallest absolute Gasteiger partial charge is 0.119 e. The van der Waals surface area contributed by atoms with Crippen LogP contribution in [0, 0.1) is 0 Å². The third-order valence-electron chi connectivity index (χ3n) is 4.27. The molecule has 3 nitrogen and oxygen atoms in total. The molecule has 2 unspecified atom stereocenters. The predicted molar refractivity (Wildman–Crippen MR) is 86.4 cm³/mol. The standard InChI is InChI=1S/C17H30N2O/c1-7-17(4,19(5)6)16(18-8-2)14-11-10-12-15(13-14)20-9-3/h10-13,16,18H,7-9H2,1-6H3. The fourth-order valence-corrected chi connectivity index (χ4v) is 2.63. The molecule has 114 valence electrons. The molecule has 1 rings (SSSR count). The molecule has 0 fully saturated rings. The van der Waals surface area contributed by atoms with Crippen LogP contribution in [0.2, 0.25) is 0 Å². The summed E-state index contributed by atoms with van der Waals surface area (Å²) in [7, 11) is 4.31. The summed E-state index contributed by atoms with van der Waals surface area (Å²) in [5.41, 5.74) is 1.36. The van der Waals surface area contributed by atoms with Gasteiger partial charge in [0.1, 0.15) is 5.75 Å². The first-order valence-electron chi connectivity index (χ1n) is 7.63. The van der Waals surface area contributed by atoms with Gasteiger partial charge < -0.3 is 15.0 Å². The third-order valence-corrected chi connectivity index (χ3v) is 4.27. The summed E-state index contributed by atoms with van der Waals surface area (Å²) in [4.78, 5) is 2.31. The summed E-state index contributed by atoms with van der Waals surface area (Å²) < 4.78 is 5.64. The van der Waals surface area contributed by atoms with Gasteiger partial charge in [-0.05, 0) is 58.6 Å². The van der Waals surface area contributed by atoms with E-state index in [1.165, 1.54) is 5.56 Å². The molecule has 0 radical (unpaired) electrons. The maximum atomic E-state index is 5.64. The van der Waals surface area contributed by atoms with Gasteiger partial charge in [-0.3, -0.25) is 0 Å². The molecule has 1 aromatic carbocycles. The SMILES string of the molecule is CCNC(c1cccc(OCC)c1)C(C)(CC)N(C)C. The van der Waals surface area contributed by atoms with E-state index in [1.807, 2.05) is 13.0 Å². The first-order chi connectivity index (χ1) is 9.49. The molecule has 0 saturated heterocycles. The number of likely N-dealkylation sites (N-methyl/N-ethyl adjacent to an activating group) is 2. The second-order valence-electron chi connectivity index (χ2n) is 5.60. The molecule has 0 saturated carbocycles. The van der Waals surface area contributed by atoms with Gasteiger partial charge in [0.2, 0.25) is 0 Å². The van der Waals surface area contributed by atoms with E-state index >= 15 is 0 Å². The van der Waals surface area contributed by atoms with Gasteiger partial charge in [0.05, 0.1) is 12.6 Å². The van der Waals surface area contributed by atoms with Crippen molar-refractivity contribution in [3.05, 3.63) is 29.8 Å². The molecule has 1 N–H and O–H groups in total. The maximum Gasteiger partial charge on any atom is 0.119 e. The lowest BCUT2D eigenvalue weighted by Gasteiger charge is -2.43. The van der Waals surface area contributed by atoms with Gasteiger partial charge >= 0.3 is 0 Å². The number of ether oxygens (including phenoxy) is 1. The second-order valence-corrected chi connectivity index (χ2v) is 5.60. The summed E-state index contributed by atoms with van der Waals surface area (Å²) in [6.07, 6.45) is 1.08. The Bertz CT molecular complexity index is 406. The maximum absolute atomic E-state index is 5.64.